The van der Waals surface area contributed by atoms with Crippen LogP contribution >= 0.6 is 11.8 Å². The lowest BCUT2D eigenvalue weighted by atomic mass is 10.1. The quantitative estimate of drug-likeness (QED) is 0.730. The van der Waals surface area contributed by atoms with Crippen molar-refractivity contribution in [1.82, 2.24) is 5.32 Å². The highest BCUT2D eigenvalue weighted by atomic mass is 32.2. The topological polar surface area (TPSA) is 50.4 Å². The average Bonchev–Trinajstić information content (AvgIpc) is 2.96. The first-order chi connectivity index (χ1) is 12.5. The number of carbonyl (C=O) groups is 1. The monoisotopic (exact) mass is 368 g/mol. The van der Waals surface area contributed by atoms with Gasteiger partial charge in [0.2, 0.25) is 0 Å². The van der Waals surface area contributed by atoms with Crippen molar-refractivity contribution in [1.29, 1.82) is 0 Å². The van der Waals surface area contributed by atoms with Gasteiger partial charge in [0.25, 0.3) is 5.91 Å². The van der Waals surface area contributed by atoms with Crippen LogP contribution in [0, 0.1) is 0 Å². The van der Waals surface area contributed by atoms with E-state index >= 15 is 0 Å². The number of hydrogen-bond donors (Lipinski definition) is 2. The number of nitrogens with one attached hydrogen (secondary N) is 2. The molecule has 2 N–H and O–H groups in total. The highest BCUT2D eigenvalue weighted by molar-refractivity contribution is 8.05. The SMILES string of the molecule is CCc1ccc(N[C@H]2NC(=O)/C(=C/c3ccc(OC(C)C)cc3)S2)cc1. The smallest absolute Gasteiger partial charge is 0.260 e. The molecule has 4 nitrogen and oxygen atoms in total. The van der Waals surface area contributed by atoms with E-state index in [1.54, 1.807) is 0 Å². The number of amides is 1. The van der Waals surface area contributed by atoms with E-state index in [0.717, 1.165) is 23.4 Å². The van der Waals surface area contributed by atoms with Gasteiger partial charge in [0.1, 0.15) is 5.75 Å². The Morgan fingerprint density at radius 2 is 1.85 bits per heavy atom. The van der Waals surface area contributed by atoms with Crippen molar-refractivity contribution >= 4 is 29.4 Å². The van der Waals surface area contributed by atoms with Gasteiger partial charge in [0.05, 0.1) is 11.0 Å². The summed E-state index contributed by atoms with van der Waals surface area (Å²) in [7, 11) is 0. The van der Waals surface area contributed by atoms with E-state index in [1.807, 2.05) is 56.3 Å². The van der Waals surface area contributed by atoms with E-state index in [2.05, 4.69) is 29.7 Å². The Labute approximate surface area is 159 Å². The van der Waals surface area contributed by atoms with Crippen LogP contribution in [0.5, 0.6) is 5.75 Å². The molecule has 2 aromatic rings. The zero-order valence-corrected chi connectivity index (χ0v) is 16.1. The molecule has 1 saturated heterocycles. The van der Waals surface area contributed by atoms with E-state index in [9.17, 15) is 4.79 Å². The summed E-state index contributed by atoms with van der Waals surface area (Å²) in [6.07, 6.45) is 3.07. The maximum atomic E-state index is 12.2. The predicted molar refractivity (Wildman–Crippen MR) is 109 cm³/mol. The fourth-order valence-electron chi connectivity index (χ4n) is 2.62. The molecule has 1 amide bonds. The van der Waals surface area contributed by atoms with E-state index in [1.165, 1.54) is 17.3 Å². The number of anilines is 1. The van der Waals surface area contributed by atoms with Gasteiger partial charge in [-0.3, -0.25) is 4.79 Å². The molecule has 2 aromatic carbocycles. The van der Waals surface area contributed by atoms with Gasteiger partial charge in [0.15, 0.2) is 5.50 Å². The van der Waals surface area contributed by atoms with Crippen molar-refractivity contribution in [3.05, 3.63) is 64.6 Å². The molecule has 1 aliphatic rings. The first kappa shape index (κ1) is 18.4. The van der Waals surface area contributed by atoms with Crippen LogP contribution in [0.1, 0.15) is 31.9 Å². The largest absolute Gasteiger partial charge is 0.491 e. The van der Waals surface area contributed by atoms with Crippen LogP contribution in [0.4, 0.5) is 5.69 Å². The molecule has 0 saturated carbocycles. The van der Waals surface area contributed by atoms with Crippen LogP contribution in [0.2, 0.25) is 0 Å². The molecule has 26 heavy (non-hydrogen) atoms. The summed E-state index contributed by atoms with van der Waals surface area (Å²) in [6, 6.07) is 16.1. The molecule has 1 aliphatic heterocycles. The molecule has 0 bridgehead atoms. The second-order valence-corrected chi connectivity index (χ2v) is 7.56. The summed E-state index contributed by atoms with van der Waals surface area (Å²) >= 11 is 1.49. The highest BCUT2D eigenvalue weighted by Crippen LogP contribution is 2.30. The van der Waals surface area contributed by atoms with Gasteiger partial charge < -0.3 is 15.4 Å². The number of rotatable bonds is 6. The minimum absolute atomic E-state index is 0.0554. The van der Waals surface area contributed by atoms with Gasteiger partial charge in [-0.2, -0.15) is 0 Å². The van der Waals surface area contributed by atoms with Crippen LogP contribution in [-0.2, 0) is 11.2 Å². The first-order valence-corrected chi connectivity index (χ1v) is 9.73. The molecule has 1 atom stereocenters. The average molecular weight is 369 g/mol. The van der Waals surface area contributed by atoms with Crippen molar-refractivity contribution < 1.29 is 9.53 Å². The van der Waals surface area contributed by atoms with Gasteiger partial charge in [-0.1, -0.05) is 43.0 Å². The van der Waals surface area contributed by atoms with Crippen molar-refractivity contribution in [2.45, 2.75) is 38.8 Å². The van der Waals surface area contributed by atoms with Crippen LogP contribution in [0.3, 0.4) is 0 Å². The summed E-state index contributed by atoms with van der Waals surface area (Å²) in [5, 5.41) is 6.30. The summed E-state index contributed by atoms with van der Waals surface area (Å²) < 4.78 is 5.64. The molecule has 0 spiro atoms. The Kier molecular flexibility index (Phi) is 5.89. The van der Waals surface area contributed by atoms with Crippen molar-refractivity contribution in [2.75, 3.05) is 5.32 Å². The summed E-state index contributed by atoms with van der Waals surface area (Å²) in [5.41, 5.74) is 3.11. The van der Waals surface area contributed by atoms with Crippen LogP contribution in [0.15, 0.2) is 53.4 Å². The Morgan fingerprint density at radius 1 is 1.15 bits per heavy atom. The Hall–Kier alpha value is -2.40. The molecule has 0 unspecified atom stereocenters. The minimum Gasteiger partial charge on any atom is -0.491 e. The number of carbonyl (C=O) groups excluding carboxylic acids is 1. The maximum Gasteiger partial charge on any atom is 0.260 e. The first-order valence-electron chi connectivity index (χ1n) is 8.85. The van der Waals surface area contributed by atoms with Gasteiger partial charge in [0, 0.05) is 5.69 Å². The molecule has 5 heteroatoms. The van der Waals surface area contributed by atoms with E-state index < -0.39 is 0 Å². The molecule has 1 heterocycles. The Balaban J connectivity index is 1.64. The number of aryl methyl sites for hydroxylation is 1. The number of ether oxygens (including phenoxy) is 1. The van der Waals surface area contributed by atoms with Crippen LogP contribution < -0.4 is 15.4 Å². The number of hydrogen-bond acceptors (Lipinski definition) is 4. The van der Waals surface area contributed by atoms with Gasteiger partial charge in [-0.05, 0) is 61.7 Å². The molecule has 0 aliphatic carbocycles. The summed E-state index contributed by atoms with van der Waals surface area (Å²) in [6.45, 7) is 6.13. The van der Waals surface area contributed by atoms with Crippen molar-refractivity contribution in [2.24, 2.45) is 0 Å². The van der Waals surface area contributed by atoms with E-state index in [0.29, 0.717) is 4.91 Å². The zero-order chi connectivity index (χ0) is 18.5. The summed E-state index contributed by atoms with van der Waals surface area (Å²) in [4.78, 5) is 12.9. The second kappa shape index (κ2) is 8.32. The normalized spacial score (nSPS) is 18.2. The highest BCUT2D eigenvalue weighted by Gasteiger charge is 2.27. The molecule has 136 valence electrons. The molecule has 0 aromatic heterocycles. The lowest BCUT2D eigenvalue weighted by Crippen LogP contribution is -2.30. The number of thioether (sulfide) groups is 1. The molecule has 3 rings (SSSR count). The lowest BCUT2D eigenvalue weighted by molar-refractivity contribution is -0.116. The third-order valence-electron chi connectivity index (χ3n) is 3.94. The standard InChI is InChI=1S/C21H24N2O2S/c1-4-15-5-9-17(10-6-15)22-21-23-20(24)19(26-21)13-16-7-11-18(12-8-16)25-14(2)3/h5-14,21-22H,4H2,1-3H3,(H,23,24)/b19-13-/t21-/m0/s1. The molecule has 0 radical (unpaired) electrons. The Morgan fingerprint density at radius 3 is 2.46 bits per heavy atom. The van der Waals surface area contributed by atoms with E-state index in [-0.39, 0.29) is 17.5 Å². The van der Waals surface area contributed by atoms with Crippen molar-refractivity contribution in [3.8, 4) is 5.75 Å². The second-order valence-electron chi connectivity index (χ2n) is 6.41. The third-order valence-corrected chi connectivity index (χ3v) is 4.97. The molecule has 1 fully saturated rings. The van der Waals surface area contributed by atoms with Gasteiger partial charge in [-0.25, -0.2) is 0 Å². The predicted octanol–water partition coefficient (Wildman–Crippen LogP) is 4.64. The van der Waals surface area contributed by atoms with Crippen LogP contribution in [0.25, 0.3) is 6.08 Å². The van der Waals surface area contributed by atoms with Gasteiger partial charge in [-0.15, -0.1) is 0 Å². The zero-order valence-electron chi connectivity index (χ0n) is 15.3. The maximum absolute atomic E-state index is 12.2. The minimum atomic E-state index is -0.162. The number of benzene rings is 2. The van der Waals surface area contributed by atoms with Crippen LogP contribution in [-0.4, -0.2) is 17.5 Å². The lowest BCUT2D eigenvalue weighted by Gasteiger charge is -2.12. The van der Waals surface area contributed by atoms with E-state index in [4.69, 9.17) is 4.74 Å². The molecular weight excluding hydrogens is 344 g/mol. The fraction of sp³-hybridized carbons (Fsp3) is 0.286. The fourth-order valence-corrected chi connectivity index (χ4v) is 3.60. The van der Waals surface area contributed by atoms with Gasteiger partial charge >= 0.3 is 0 Å². The summed E-state index contributed by atoms with van der Waals surface area (Å²) in [5.74, 6) is 0.779. The molecular formula is C21H24N2O2S. The third kappa shape index (κ3) is 4.82. The Bertz CT molecular complexity index is 783. The van der Waals surface area contributed by atoms with Crippen molar-refractivity contribution in [3.63, 3.8) is 0 Å².